The van der Waals surface area contributed by atoms with Crippen molar-refractivity contribution < 1.29 is 4.79 Å². The molecule has 1 amide bonds. The zero-order valence-corrected chi connectivity index (χ0v) is 14.3. The molecule has 0 spiro atoms. The van der Waals surface area contributed by atoms with Crippen molar-refractivity contribution in [1.29, 1.82) is 0 Å². The van der Waals surface area contributed by atoms with E-state index in [9.17, 15) is 4.79 Å². The van der Waals surface area contributed by atoms with Crippen LogP contribution in [0.3, 0.4) is 0 Å². The van der Waals surface area contributed by atoms with Crippen molar-refractivity contribution in [2.75, 3.05) is 20.1 Å². The van der Waals surface area contributed by atoms with Crippen LogP contribution in [0, 0.1) is 0 Å². The summed E-state index contributed by atoms with van der Waals surface area (Å²) in [7, 11) is 1.99. The van der Waals surface area contributed by atoms with Gasteiger partial charge in [-0.25, -0.2) is 0 Å². The lowest BCUT2D eigenvalue weighted by molar-refractivity contribution is 0.0713. The Balaban J connectivity index is 0.00000176. The van der Waals surface area contributed by atoms with E-state index in [0.29, 0.717) is 6.04 Å². The van der Waals surface area contributed by atoms with Crippen LogP contribution < -0.4 is 5.32 Å². The van der Waals surface area contributed by atoms with Crippen molar-refractivity contribution in [3.63, 3.8) is 0 Å². The molecular formula is C17H21ClN2OS. The fraction of sp³-hybridized carbons (Fsp3) is 0.353. The third-order valence-corrected chi connectivity index (χ3v) is 5.04. The zero-order chi connectivity index (χ0) is 14.7. The Bertz CT molecular complexity index is 606. The van der Waals surface area contributed by atoms with Gasteiger partial charge in [-0.05, 0) is 36.9 Å². The summed E-state index contributed by atoms with van der Waals surface area (Å²) >= 11 is 1.55. The zero-order valence-electron chi connectivity index (χ0n) is 12.6. The van der Waals surface area contributed by atoms with Gasteiger partial charge in [0.25, 0.3) is 5.91 Å². The number of nitrogens with one attached hydrogen (secondary N) is 1. The molecule has 1 aliphatic heterocycles. The molecule has 3 rings (SSSR count). The molecule has 0 aliphatic carbocycles. The van der Waals surface area contributed by atoms with Gasteiger partial charge in [0.05, 0.1) is 4.88 Å². The molecule has 0 saturated carbocycles. The van der Waals surface area contributed by atoms with Crippen LogP contribution in [0.25, 0.3) is 11.1 Å². The fourth-order valence-corrected chi connectivity index (χ4v) is 3.72. The summed E-state index contributed by atoms with van der Waals surface area (Å²) in [5.41, 5.74) is 2.17. The number of carbonyl (C=O) groups excluding carboxylic acids is 1. The third kappa shape index (κ3) is 3.51. The SMILES string of the molecule is CNC1CCN(C(=O)c2sccc2-c2ccccc2)CC1.Cl. The molecule has 1 aromatic heterocycles. The van der Waals surface area contributed by atoms with Crippen LogP contribution in [0.5, 0.6) is 0 Å². The van der Waals surface area contributed by atoms with E-state index in [0.717, 1.165) is 41.9 Å². The molecule has 1 fully saturated rings. The van der Waals surface area contributed by atoms with Crippen molar-refractivity contribution in [2.24, 2.45) is 0 Å². The van der Waals surface area contributed by atoms with E-state index in [1.807, 2.05) is 41.6 Å². The Hall–Kier alpha value is -1.36. The first kappa shape index (κ1) is 17.0. The molecule has 0 radical (unpaired) electrons. The molecule has 1 aromatic carbocycles. The third-order valence-electron chi connectivity index (χ3n) is 4.13. The molecule has 1 saturated heterocycles. The number of piperidine rings is 1. The maximum atomic E-state index is 12.8. The van der Waals surface area contributed by atoms with E-state index >= 15 is 0 Å². The normalized spacial score (nSPS) is 15.4. The summed E-state index contributed by atoms with van der Waals surface area (Å²) in [6, 6.07) is 12.7. The van der Waals surface area contributed by atoms with Gasteiger partial charge in [0.15, 0.2) is 0 Å². The van der Waals surface area contributed by atoms with Gasteiger partial charge in [0.2, 0.25) is 0 Å². The van der Waals surface area contributed by atoms with Gasteiger partial charge in [-0.3, -0.25) is 4.79 Å². The van der Waals surface area contributed by atoms with Crippen LogP contribution in [0.15, 0.2) is 41.8 Å². The van der Waals surface area contributed by atoms with Gasteiger partial charge in [0, 0.05) is 24.7 Å². The molecule has 0 unspecified atom stereocenters. The van der Waals surface area contributed by atoms with E-state index in [2.05, 4.69) is 17.4 Å². The Labute approximate surface area is 141 Å². The van der Waals surface area contributed by atoms with Gasteiger partial charge in [0.1, 0.15) is 0 Å². The molecule has 0 atom stereocenters. The Morgan fingerprint density at radius 1 is 1.18 bits per heavy atom. The second-order valence-electron chi connectivity index (χ2n) is 5.38. The molecule has 5 heteroatoms. The number of hydrogen-bond acceptors (Lipinski definition) is 3. The minimum Gasteiger partial charge on any atom is -0.338 e. The summed E-state index contributed by atoms with van der Waals surface area (Å²) in [5.74, 6) is 0.179. The first-order valence-electron chi connectivity index (χ1n) is 7.39. The number of amides is 1. The number of hydrogen-bond donors (Lipinski definition) is 1. The summed E-state index contributed by atoms with van der Waals surface area (Å²) in [6.45, 7) is 1.69. The summed E-state index contributed by atoms with van der Waals surface area (Å²) in [6.07, 6.45) is 2.07. The average Bonchev–Trinajstić information content (AvgIpc) is 3.04. The molecule has 3 nitrogen and oxygen atoms in total. The van der Waals surface area contributed by atoms with E-state index in [4.69, 9.17) is 0 Å². The number of thiophene rings is 1. The van der Waals surface area contributed by atoms with Crippen LogP contribution in [0.1, 0.15) is 22.5 Å². The maximum Gasteiger partial charge on any atom is 0.264 e. The van der Waals surface area contributed by atoms with Crippen LogP contribution >= 0.6 is 23.7 Å². The van der Waals surface area contributed by atoms with Gasteiger partial charge in [-0.1, -0.05) is 30.3 Å². The molecule has 2 heterocycles. The highest BCUT2D eigenvalue weighted by molar-refractivity contribution is 7.12. The quantitative estimate of drug-likeness (QED) is 0.927. The van der Waals surface area contributed by atoms with Crippen LogP contribution in [-0.2, 0) is 0 Å². The van der Waals surface area contributed by atoms with Gasteiger partial charge >= 0.3 is 0 Å². The van der Waals surface area contributed by atoms with E-state index in [1.54, 1.807) is 11.3 Å². The predicted octanol–water partition coefficient (Wildman–Crippen LogP) is 3.66. The molecule has 1 aliphatic rings. The number of likely N-dealkylation sites (tertiary alicyclic amines) is 1. The Kier molecular flexibility index (Phi) is 6.00. The van der Waals surface area contributed by atoms with E-state index < -0.39 is 0 Å². The van der Waals surface area contributed by atoms with Crippen molar-refractivity contribution in [1.82, 2.24) is 10.2 Å². The molecule has 1 N–H and O–H groups in total. The molecule has 22 heavy (non-hydrogen) atoms. The minimum absolute atomic E-state index is 0. The van der Waals surface area contributed by atoms with Crippen LogP contribution in [0.2, 0.25) is 0 Å². The summed E-state index contributed by atoms with van der Waals surface area (Å²) < 4.78 is 0. The number of rotatable bonds is 3. The highest BCUT2D eigenvalue weighted by Gasteiger charge is 2.25. The highest BCUT2D eigenvalue weighted by Crippen LogP contribution is 2.30. The van der Waals surface area contributed by atoms with Gasteiger partial charge in [-0.2, -0.15) is 0 Å². The van der Waals surface area contributed by atoms with E-state index in [1.165, 1.54) is 0 Å². The minimum atomic E-state index is 0. The van der Waals surface area contributed by atoms with Crippen molar-refractivity contribution in [3.8, 4) is 11.1 Å². The largest absolute Gasteiger partial charge is 0.338 e. The monoisotopic (exact) mass is 336 g/mol. The Morgan fingerprint density at radius 3 is 2.50 bits per heavy atom. The lowest BCUT2D eigenvalue weighted by atomic mass is 10.0. The molecule has 0 bridgehead atoms. The summed E-state index contributed by atoms with van der Waals surface area (Å²) in [4.78, 5) is 15.6. The number of nitrogens with zero attached hydrogens (tertiary/aromatic N) is 1. The van der Waals surface area contributed by atoms with Crippen molar-refractivity contribution in [2.45, 2.75) is 18.9 Å². The predicted molar refractivity (Wildman–Crippen MR) is 95.0 cm³/mol. The molecule has 118 valence electrons. The Morgan fingerprint density at radius 2 is 1.86 bits per heavy atom. The second-order valence-corrected chi connectivity index (χ2v) is 6.30. The van der Waals surface area contributed by atoms with Crippen molar-refractivity contribution >= 4 is 29.7 Å². The lowest BCUT2D eigenvalue weighted by Gasteiger charge is -2.31. The first-order valence-corrected chi connectivity index (χ1v) is 8.27. The van der Waals surface area contributed by atoms with Gasteiger partial charge in [-0.15, -0.1) is 23.7 Å². The topological polar surface area (TPSA) is 32.3 Å². The average molecular weight is 337 g/mol. The van der Waals surface area contributed by atoms with Crippen LogP contribution in [0.4, 0.5) is 0 Å². The fourth-order valence-electron chi connectivity index (χ4n) is 2.83. The highest BCUT2D eigenvalue weighted by atomic mass is 35.5. The maximum absolute atomic E-state index is 12.8. The van der Waals surface area contributed by atoms with Crippen molar-refractivity contribution in [3.05, 3.63) is 46.7 Å². The number of halogens is 1. The van der Waals surface area contributed by atoms with Crippen LogP contribution in [-0.4, -0.2) is 37.0 Å². The first-order chi connectivity index (χ1) is 10.3. The molecule has 2 aromatic rings. The summed E-state index contributed by atoms with van der Waals surface area (Å²) in [5, 5.41) is 5.31. The number of carbonyl (C=O) groups is 1. The number of benzene rings is 1. The van der Waals surface area contributed by atoms with Gasteiger partial charge < -0.3 is 10.2 Å². The molecular weight excluding hydrogens is 316 g/mol. The standard InChI is InChI=1S/C17H20N2OS.ClH/c1-18-14-7-10-19(11-8-14)17(20)16-15(9-12-21-16)13-5-3-2-4-6-13;/h2-6,9,12,14,18H,7-8,10-11H2,1H3;1H. The second kappa shape index (κ2) is 7.77. The lowest BCUT2D eigenvalue weighted by Crippen LogP contribution is -2.43. The smallest absolute Gasteiger partial charge is 0.264 e. The van der Waals surface area contributed by atoms with E-state index in [-0.39, 0.29) is 18.3 Å².